The number of nitrogens with one attached hydrogen (secondary N) is 2. The van der Waals surface area contributed by atoms with E-state index in [1.54, 1.807) is 48.5 Å². The monoisotopic (exact) mass is 504 g/mol. The minimum Gasteiger partial charge on any atom is -0.438 e. The Morgan fingerprint density at radius 3 is 2.42 bits per heavy atom. The van der Waals surface area contributed by atoms with Crippen molar-refractivity contribution >= 4 is 35.6 Å². The van der Waals surface area contributed by atoms with Crippen LogP contribution in [0.3, 0.4) is 0 Å². The van der Waals surface area contributed by atoms with E-state index in [1.807, 2.05) is 42.5 Å². The normalized spacial score (nSPS) is 10.4. The molecule has 0 fully saturated rings. The highest BCUT2D eigenvalue weighted by Gasteiger charge is 2.16. The van der Waals surface area contributed by atoms with Crippen LogP contribution in [0.2, 0.25) is 0 Å². The summed E-state index contributed by atoms with van der Waals surface area (Å²) in [5, 5.41) is 6.17. The summed E-state index contributed by atoms with van der Waals surface area (Å²) in [5.41, 5.74) is 2.96. The van der Waals surface area contributed by atoms with Crippen LogP contribution in [0.5, 0.6) is 11.6 Å². The van der Waals surface area contributed by atoms with E-state index in [0.29, 0.717) is 28.3 Å². The first-order chi connectivity index (χ1) is 18.6. The van der Waals surface area contributed by atoms with Crippen molar-refractivity contribution < 1.29 is 13.9 Å². The molecule has 5 aromatic rings. The molecule has 0 aliphatic carbocycles. The topological polar surface area (TPSA) is 101 Å². The van der Waals surface area contributed by atoms with Gasteiger partial charge in [0.05, 0.1) is 23.0 Å². The first-order valence-electron chi connectivity index (χ1n) is 11.6. The van der Waals surface area contributed by atoms with Crippen molar-refractivity contribution in [3.63, 3.8) is 0 Å². The van der Waals surface area contributed by atoms with Gasteiger partial charge in [0.15, 0.2) is 5.82 Å². The number of carbonyl (C=O) groups is 1. The van der Waals surface area contributed by atoms with E-state index in [0.717, 1.165) is 11.9 Å². The third-order valence-corrected chi connectivity index (χ3v) is 5.45. The van der Waals surface area contributed by atoms with Crippen molar-refractivity contribution in [1.82, 2.24) is 15.0 Å². The number of aliphatic imine (C=N–C) groups is 1. The largest absolute Gasteiger partial charge is 0.438 e. The second-order valence-electron chi connectivity index (χ2n) is 8.00. The minimum atomic E-state index is -0.643. The summed E-state index contributed by atoms with van der Waals surface area (Å²) in [6.45, 7) is 3.38. The number of nitrogens with zero attached hydrogens (tertiary/aromatic N) is 4. The molecular formula is C29H21FN6O2. The number of pyridine rings is 1. The summed E-state index contributed by atoms with van der Waals surface area (Å²) in [4.78, 5) is 28.8. The minimum absolute atomic E-state index is 0.00263. The summed E-state index contributed by atoms with van der Waals surface area (Å²) in [6.07, 6.45) is 2.55. The zero-order valence-electron chi connectivity index (χ0n) is 20.0. The highest BCUT2D eigenvalue weighted by Crippen LogP contribution is 2.32. The number of aromatic nitrogens is 3. The van der Waals surface area contributed by atoms with Crippen molar-refractivity contribution in [2.24, 2.45) is 4.99 Å². The lowest BCUT2D eigenvalue weighted by atomic mass is 10.1. The van der Waals surface area contributed by atoms with E-state index >= 15 is 0 Å². The van der Waals surface area contributed by atoms with Crippen LogP contribution in [0.15, 0.2) is 108 Å². The fraction of sp³-hybridized carbons (Fsp3) is 0. The lowest BCUT2D eigenvalue weighted by Gasteiger charge is -2.13. The fourth-order valence-electron chi connectivity index (χ4n) is 3.66. The summed E-state index contributed by atoms with van der Waals surface area (Å²) < 4.78 is 20.4. The zero-order chi connectivity index (χ0) is 26.3. The Labute approximate surface area is 217 Å². The van der Waals surface area contributed by atoms with Crippen LogP contribution in [0, 0.1) is 5.82 Å². The van der Waals surface area contributed by atoms with E-state index in [4.69, 9.17) is 4.74 Å². The van der Waals surface area contributed by atoms with E-state index in [1.165, 1.54) is 6.20 Å². The highest BCUT2D eigenvalue weighted by atomic mass is 19.1. The molecule has 0 radical (unpaired) electrons. The standard InChI is InChI=1S/C29H21FN6O2/c1-31-29-33-18-24(30)26(36-29)23-11-7-17-32-28(23)38-21-15-13-20(14-16-21)35-27(37)22-10-5-6-12-25(22)34-19-8-3-2-4-9-19/h2-18,34H,1H2,(H,35,37). The number of hydrogen-bond acceptors (Lipinski definition) is 7. The molecule has 0 aliphatic heterocycles. The smallest absolute Gasteiger partial charge is 0.257 e. The van der Waals surface area contributed by atoms with Crippen LogP contribution in [-0.4, -0.2) is 27.6 Å². The van der Waals surface area contributed by atoms with Crippen LogP contribution >= 0.6 is 0 Å². The summed E-state index contributed by atoms with van der Waals surface area (Å²) in [7, 11) is 0. The number of anilines is 3. The molecule has 2 aromatic heterocycles. The van der Waals surface area contributed by atoms with Gasteiger partial charge in [0.2, 0.25) is 11.8 Å². The molecule has 5 rings (SSSR count). The molecular weight excluding hydrogens is 483 g/mol. The van der Waals surface area contributed by atoms with Gasteiger partial charge in [-0.1, -0.05) is 30.3 Å². The van der Waals surface area contributed by atoms with Gasteiger partial charge in [-0.25, -0.2) is 24.3 Å². The van der Waals surface area contributed by atoms with Gasteiger partial charge in [0.25, 0.3) is 5.91 Å². The van der Waals surface area contributed by atoms with E-state index < -0.39 is 5.82 Å². The predicted molar refractivity (Wildman–Crippen MR) is 145 cm³/mol. The van der Waals surface area contributed by atoms with E-state index in [-0.39, 0.29) is 23.4 Å². The van der Waals surface area contributed by atoms with E-state index in [2.05, 4.69) is 37.3 Å². The van der Waals surface area contributed by atoms with Gasteiger partial charge >= 0.3 is 0 Å². The van der Waals surface area contributed by atoms with Gasteiger partial charge in [-0.05, 0) is 67.4 Å². The van der Waals surface area contributed by atoms with Crippen LogP contribution in [0.4, 0.5) is 27.4 Å². The van der Waals surface area contributed by atoms with Crippen LogP contribution in [-0.2, 0) is 0 Å². The molecule has 186 valence electrons. The van der Waals surface area contributed by atoms with Crippen molar-refractivity contribution in [1.29, 1.82) is 0 Å². The molecule has 1 amide bonds. The maximum Gasteiger partial charge on any atom is 0.257 e. The number of hydrogen-bond donors (Lipinski definition) is 2. The molecule has 38 heavy (non-hydrogen) atoms. The SMILES string of the molecule is C=Nc1ncc(F)c(-c2cccnc2Oc2ccc(NC(=O)c3ccccc3Nc3ccccc3)cc2)n1. The van der Waals surface area contributed by atoms with Gasteiger partial charge in [0.1, 0.15) is 11.4 Å². The third kappa shape index (κ3) is 5.52. The molecule has 0 bridgehead atoms. The molecule has 0 aliphatic rings. The number of benzene rings is 3. The maximum atomic E-state index is 14.5. The summed E-state index contributed by atoms with van der Waals surface area (Å²) >= 11 is 0. The third-order valence-electron chi connectivity index (χ3n) is 5.45. The Kier molecular flexibility index (Phi) is 7.08. The number of halogens is 1. The molecule has 8 nitrogen and oxygen atoms in total. The molecule has 2 N–H and O–H groups in total. The molecule has 0 unspecified atom stereocenters. The zero-order valence-corrected chi connectivity index (χ0v) is 20.0. The molecule has 0 atom stereocenters. The Morgan fingerprint density at radius 2 is 1.63 bits per heavy atom. The number of carbonyl (C=O) groups excluding carboxylic acids is 1. The first-order valence-corrected chi connectivity index (χ1v) is 11.6. The number of amides is 1. The molecule has 0 spiro atoms. The van der Waals surface area contributed by atoms with Crippen molar-refractivity contribution in [2.45, 2.75) is 0 Å². The van der Waals surface area contributed by atoms with Gasteiger partial charge in [-0.3, -0.25) is 4.79 Å². The number of ether oxygens (including phenoxy) is 1. The van der Waals surface area contributed by atoms with Gasteiger partial charge in [-0.15, -0.1) is 0 Å². The van der Waals surface area contributed by atoms with Gasteiger partial charge in [-0.2, -0.15) is 0 Å². The Morgan fingerprint density at radius 1 is 0.868 bits per heavy atom. The predicted octanol–water partition coefficient (Wildman–Crippen LogP) is 6.80. The second-order valence-corrected chi connectivity index (χ2v) is 8.00. The fourth-order valence-corrected chi connectivity index (χ4v) is 3.66. The Balaban J connectivity index is 1.32. The average Bonchev–Trinajstić information content (AvgIpc) is 2.95. The molecule has 0 saturated heterocycles. The first kappa shape index (κ1) is 24.3. The number of rotatable bonds is 8. The molecule has 0 saturated carbocycles. The Hall–Kier alpha value is -5.44. The number of para-hydroxylation sites is 2. The lowest BCUT2D eigenvalue weighted by Crippen LogP contribution is -2.13. The quantitative estimate of drug-likeness (QED) is 0.225. The van der Waals surface area contributed by atoms with Crippen LogP contribution < -0.4 is 15.4 Å². The van der Waals surface area contributed by atoms with Crippen LogP contribution in [0.1, 0.15) is 10.4 Å². The second kappa shape index (κ2) is 11.1. The van der Waals surface area contributed by atoms with E-state index in [9.17, 15) is 9.18 Å². The maximum absolute atomic E-state index is 14.5. The summed E-state index contributed by atoms with van der Waals surface area (Å²) in [5.74, 6) is -0.286. The molecule has 2 heterocycles. The molecule has 3 aromatic carbocycles. The van der Waals surface area contributed by atoms with Crippen molar-refractivity contribution in [3.8, 4) is 22.9 Å². The van der Waals surface area contributed by atoms with Crippen LogP contribution in [0.25, 0.3) is 11.3 Å². The lowest BCUT2D eigenvalue weighted by molar-refractivity contribution is 0.102. The van der Waals surface area contributed by atoms with Gasteiger partial charge < -0.3 is 15.4 Å². The highest BCUT2D eigenvalue weighted by molar-refractivity contribution is 6.08. The van der Waals surface area contributed by atoms with Crippen molar-refractivity contribution in [2.75, 3.05) is 10.6 Å². The Bertz CT molecular complexity index is 1590. The molecule has 9 heteroatoms. The van der Waals surface area contributed by atoms with Crippen molar-refractivity contribution in [3.05, 3.63) is 115 Å². The average molecular weight is 505 g/mol. The van der Waals surface area contributed by atoms with Gasteiger partial charge in [0, 0.05) is 17.6 Å². The summed E-state index contributed by atoms with van der Waals surface area (Å²) in [6, 6.07) is 26.9.